The van der Waals surface area contributed by atoms with Crippen molar-refractivity contribution in [2.24, 2.45) is 0 Å². The Labute approximate surface area is 223 Å². The average Bonchev–Trinajstić information content (AvgIpc) is 2.92. The highest BCUT2D eigenvalue weighted by Crippen LogP contribution is 2.48. The van der Waals surface area contributed by atoms with E-state index >= 15 is 0 Å². The van der Waals surface area contributed by atoms with Gasteiger partial charge >= 0.3 is 0 Å². The number of allylic oxidation sites excluding steroid dienone is 2. The highest BCUT2D eigenvalue weighted by atomic mass is 35.5. The van der Waals surface area contributed by atoms with Crippen molar-refractivity contribution in [1.82, 2.24) is 9.88 Å². The normalized spacial score (nSPS) is 15.1. The van der Waals surface area contributed by atoms with Gasteiger partial charge in [-0.2, -0.15) is 0 Å². The zero-order valence-corrected chi connectivity index (χ0v) is 22.3. The predicted octanol–water partition coefficient (Wildman–Crippen LogP) is 5.95. The predicted molar refractivity (Wildman–Crippen MR) is 148 cm³/mol. The van der Waals surface area contributed by atoms with Gasteiger partial charge in [-0.25, -0.2) is 0 Å². The lowest BCUT2D eigenvalue weighted by Crippen LogP contribution is -2.41. The van der Waals surface area contributed by atoms with Crippen LogP contribution in [0.2, 0.25) is 0 Å². The van der Waals surface area contributed by atoms with E-state index in [0.717, 1.165) is 22.3 Å². The van der Waals surface area contributed by atoms with Gasteiger partial charge in [0.2, 0.25) is 0 Å². The molecule has 0 bridgehead atoms. The summed E-state index contributed by atoms with van der Waals surface area (Å²) >= 11 is 6.39. The molecule has 0 spiro atoms. The topological polar surface area (TPSA) is 54.8 Å². The fourth-order valence-electron chi connectivity index (χ4n) is 4.72. The van der Waals surface area contributed by atoms with Gasteiger partial charge in [-0.1, -0.05) is 65.5 Å². The number of aliphatic hydroxyl groups is 1. The Kier molecular flexibility index (Phi) is 8.35. The molecular weight excluding hydrogens is 484 g/mol. The molecule has 5 nitrogen and oxygen atoms in total. The molecule has 0 amide bonds. The fraction of sp³-hybridized carbons (Fsp3) is 0.258. The number of nitrogens with zero attached hydrogens (tertiary/aromatic N) is 2. The third-order valence-corrected chi connectivity index (χ3v) is 6.75. The highest BCUT2D eigenvalue weighted by Gasteiger charge is 2.44. The fourth-order valence-corrected chi connectivity index (χ4v) is 4.88. The molecule has 6 heteroatoms. The minimum atomic E-state index is -1.43. The third kappa shape index (κ3) is 5.73. The summed E-state index contributed by atoms with van der Waals surface area (Å²) in [6, 6.07) is 17.8. The number of hydrogen-bond acceptors (Lipinski definition) is 5. The van der Waals surface area contributed by atoms with Crippen LogP contribution in [0.25, 0.3) is 11.1 Å². The van der Waals surface area contributed by atoms with Crippen LogP contribution in [0, 0.1) is 0 Å². The van der Waals surface area contributed by atoms with Crippen LogP contribution < -0.4 is 9.47 Å². The van der Waals surface area contributed by atoms with Crippen molar-refractivity contribution in [2.45, 2.75) is 17.9 Å². The second-order valence-corrected chi connectivity index (χ2v) is 9.66. The number of para-hydroxylation sites is 1. The number of aromatic nitrogens is 1. The molecule has 1 aliphatic rings. The van der Waals surface area contributed by atoms with Gasteiger partial charge < -0.3 is 19.5 Å². The van der Waals surface area contributed by atoms with Gasteiger partial charge in [0.15, 0.2) is 11.5 Å². The Morgan fingerprint density at radius 1 is 1.03 bits per heavy atom. The van der Waals surface area contributed by atoms with E-state index in [-0.39, 0.29) is 0 Å². The van der Waals surface area contributed by atoms with Gasteiger partial charge in [-0.15, -0.1) is 0 Å². The van der Waals surface area contributed by atoms with Crippen LogP contribution in [0.5, 0.6) is 11.5 Å². The molecule has 1 heterocycles. The van der Waals surface area contributed by atoms with Crippen LogP contribution in [0.15, 0.2) is 101 Å². The second-order valence-electron chi connectivity index (χ2n) is 9.22. The number of methoxy groups -OCH3 is 2. The summed E-state index contributed by atoms with van der Waals surface area (Å²) in [5, 5.41) is 13.2. The minimum Gasteiger partial charge on any atom is -0.493 e. The van der Waals surface area contributed by atoms with Crippen molar-refractivity contribution in [3.63, 3.8) is 0 Å². The van der Waals surface area contributed by atoms with E-state index in [1.807, 2.05) is 73.7 Å². The zero-order valence-electron chi connectivity index (χ0n) is 21.5. The summed E-state index contributed by atoms with van der Waals surface area (Å²) in [5.41, 5.74) is 8.79. The molecule has 4 rings (SSSR count). The van der Waals surface area contributed by atoms with E-state index < -0.39 is 11.5 Å². The Morgan fingerprint density at radius 3 is 2.49 bits per heavy atom. The maximum Gasteiger partial charge on any atom is 0.164 e. The van der Waals surface area contributed by atoms with Gasteiger partial charge in [-0.05, 0) is 49.9 Å². The molecule has 3 aromatic rings. The van der Waals surface area contributed by atoms with Crippen LogP contribution in [0.4, 0.5) is 0 Å². The molecule has 0 radical (unpaired) electrons. The maximum atomic E-state index is 12.7. The standard InChI is InChI=1S/C31H31ClN2O3/c1-34(2)17-16-31(35,25-12-8-13-26(32)19-25)29(27-14-9-15-28(36-3)30(27)37-4)24-18-23(20-33-21-24)22-10-6-5-7-11-22/h5-7,9-11,13-15,18-21,29,35H,16-17H2,1-4H3. The van der Waals surface area contributed by atoms with E-state index in [1.54, 1.807) is 32.6 Å². The molecule has 1 N–H and O–H groups in total. The quantitative estimate of drug-likeness (QED) is 0.339. The lowest BCUT2D eigenvalue weighted by atomic mass is 9.71. The molecular formula is C31H31ClN2O3. The number of halogens is 1. The van der Waals surface area contributed by atoms with Crippen LogP contribution in [-0.4, -0.2) is 55.5 Å². The lowest BCUT2D eigenvalue weighted by molar-refractivity contribution is 0.0476. The van der Waals surface area contributed by atoms with Crippen molar-refractivity contribution in [3.8, 4) is 22.6 Å². The summed E-state index contributed by atoms with van der Waals surface area (Å²) in [4.78, 5) is 6.63. The minimum absolute atomic E-state index is 0.394. The molecule has 0 saturated heterocycles. The van der Waals surface area contributed by atoms with Crippen molar-refractivity contribution in [2.75, 3.05) is 34.9 Å². The van der Waals surface area contributed by atoms with Gasteiger partial charge in [0.25, 0.3) is 0 Å². The summed E-state index contributed by atoms with van der Waals surface area (Å²) in [6.45, 7) is 0.617. The van der Waals surface area contributed by atoms with E-state index in [0.29, 0.717) is 35.1 Å². The first-order chi connectivity index (χ1) is 17.9. The van der Waals surface area contributed by atoms with Crippen molar-refractivity contribution in [3.05, 3.63) is 112 Å². The summed E-state index contributed by atoms with van der Waals surface area (Å²) in [7, 11) is 7.17. The average molecular weight is 515 g/mol. The van der Waals surface area contributed by atoms with E-state index in [2.05, 4.69) is 22.5 Å². The number of benzene rings is 2. The van der Waals surface area contributed by atoms with Crippen LogP contribution in [0.1, 0.15) is 23.5 Å². The first-order valence-corrected chi connectivity index (χ1v) is 12.4. The monoisotopic (exact) mass is 514 g/mol. The van der Waals surface area contributed by atoms with Crippen molar-refractivity contribution in [1.29, 1.82) is 0 Å². The molecule has 37 heavy (non-hydrogen) atoms. The van der Waals surface area contributed by atoms with E-state index in [1.165, 1.54) is 0 Å². The van der Waals surface area contributed by atoms with Gasteiger partial charge in [0, 0.05) is 52.7 Å². The Balaban J connectivity index is 2.01. The molecule has 2 unspecified atom stereocenters. The van der Waals surface area contributed by atoms with Crippen LogP contribution in [-0.2, 0) is 0 Å². The summed E-state index contributed by atoms with van der Waals surface area (Å²) in [5.74, 6) is 0.542. The maximum absolute atomic E-state index is 12.7. The third-order valence-electron chi connectivity index (χ3n) is 6.53. The second kappa shape index (κ2) is 11.7. The highest BCUT2D eigenvalue weighted by molar-refractivity contribution is 6.31. The van der Waals surface area contributed by atoms with Gasteiger partial charge in [-0.3, -0.25) is 4.98 Å². The summed E-state index contributed by atoms with van der Waals surface area (Å²) < 4.78 is 11.5. The Bertz CT molecular complexity index is 1390. The zero-order chi connectivity index (χ0) is 26.4. The van der Waals surface area contributed by atoms with E-state index in [9.17, 15) is 5.11 Å². The molecule has 190 valence electrons. The summed E-state index contributed by atoms with van der Waals surface area (Å²) in [6.07, 6.45) is 7.41. The lowest BCUT2D eigenvalue weighted by Gasteiger charge is -2.39. The first-order valence-electron chi connectivity index (χ1n) is 12.0. The van der Waals surface area contributed by atoms with Crippen molar-refractivity contribution >= 4 is 11.6 Å². The Hall–Kier alpha value is -3.56. The molecule has 0 saturated carbocycles. The molecule has 0 fully saturated rings. The number of rotatable bonds is 10. The van der Waals surface area contributed by atoms with Gasteiger partial charge in [0.1, 0.15) is 5.60 Å². The largest absolute Gasteiger partial charge is 0.493 e. The number of ether oxygens (including phenoxy) is 2. The Morgan fingerprint density at radius 2 is 1.81 bits per heavy atom. The molecule has 1 aromatic heterocycles. The number of hydrogen-bond donors (Lipinski definition) is 1. The SMILES string of the molecule is COc1cccc(C(c2cncc(-c3ccccc3)c2)C(O)(CCN(C)C)C2=C=C=CC(Cl)=C2)c1OC. The van der Waals surface area contributed by atoms with Gasteiger partial charge in [0.05, 0.1) is 14.2 Å². The number of pyridine rings is 1. The molecule has 0 aliphatic heterocycles. The van der Waals surface area contributed by atoms with Crippen LogP contribution in [0.3, 0.4) is 0 Å². The van der Waals surface area contributed by atoms with Crippen LogP contribution >= 0.6 is 11.6 Å². The smallest absolute Gasteiger partial charge is 0.164 e. The molecule has 2 atom stereocenters. The van der Waals surface area contributed by atoms with Crippen molar-refractivity contribution < 1.29 is 14.6 Å². The molecule has 2 aromatic carbocycles. The first kappa shape index (κ1) is 26.5. The molecule has 1 aliphatic carbocycles. The van der Waals surface area contributed by atoms with E-state index in [4.69, 9.17) is 21.1 Å².